The third-order valence-electron chi connectivity index (χ3n) is 9.21. The van der Waals surface area contributed by atoms with Crippen LogP contribution in [-0.2, 0) is 27.8 Å². The zero-order valence-electron chi connectivity index (χ0n) is 31.3. The van der Waals surface area contributed by atoms with Crippen LogP contribution in [0.4, 0.5) is 0 Å². The van der Waals surface area contributed by atoms with Crippen molar-refractivity contribution in [2.24, 2.45) is 12.8 Å². The fourth-order valence-electron chi connectivity index (χ4n) is 6.05. The summed E-state index contributed by atoms with van der Waals surface area (Å²) in [6, 6.07) is -1.60. The summed E-state index contributed by atoms with van der Waals surface area (Å²) in [5.41, 5.74) is 6.84. The second kappa shape index (κ2) is 30.8. The fraction of sp³-hybridized carbons (Fsp3) is 0.825. The molecule has 1 rings (SSSR count). The lowest BCUT2D eigenvalue weighted by Crippen LogP contribution is -2.45. The molecular weight excluding hydrogens is 600 g/mol. The molecule has 3 atom stereocenters. The van der Waals surface area contributed by atoms with Gasteiger partial charge in [-0.2, -0.15) is 0 Å². The van der Waals surface area contributed by atoms with Crippen molar-refractivity contribution in [3.05, 3.63) is 30.4 Å². The number of allylic oxidation sites excluding steroid dienone is 1. The molecule has 0 fully saturated rings. The van der Waals surface area contributed by atoms with Crippen molar-refractivity contribution in [3.63, 3.8) is 0 Å². The largest absolute Gasteiger partial charge is 0.462 e. The Morgan fingerprint density at radius 3 is 1.77 bits per heavy atom. The maximum absolute atomic E-state index is 13.1. The van der Waals surface area contributed by atoms with Crippen LogP contribution in [0, 0.1) is 0 Å². The zero-order valence-corrected chi connectivity index (χ0v) is 31.3. The molecule has 0 radical (unpaired) electrons. The van der Waals surface area contributed by atoms with E-state index in [1.54, 1.807) is 17.0 Å². The molecule has 1 aromatic rings. The molecule has 1 heterocycles. The van der Waals surface area contributed by atoms with E-state index in [-0.39, 0.29) is 18.9 Å². The van der Waals surface area contributed by atoms with Crippen molar-refractivity contribution in [1.29, 1.82) is 0 Å². The van der Waals surface area contributed by atoms with E-state index in [1.165, 1.54) is 122 Å². The lowest BCUT2D eigenvalue weighted by atomic mass is 10.0. The smallest absolute Gasteiger partial charge is 0.329 e. The molecule has 0 aliphatic carbocycles. The van der Waals surface area contributed by atoms with Gasteiger partial charge in [-0.3, -0.25) is 4.79 Å². The molecule has 0 saturated carbocycles. The van der Waals surface area contributed by atoms with Crippen molar-refractivity contribution < 1.29 is 19.4 Å². The molecule has 1 aromatic heterocycles. The van der Waals surface area contributed by atoms with Crippen LogP contribution >= 0.6 is 0 Å². The Morgan fingerprint density at radius 1 is 0.812 bits per heavy atom. The number of aliphatic hydroxyl groups is 1. The molecule has 0 aliphatic rings. The Labute approximate surface area is 294 Å². The van der Waals surface area contributed by atoms with Gasteiger partial charge in [0.15, 0.2) is 0 Å². The average molecular weight is 675 g/mol. The molecule has 0 bridgehead atoms. The molecule has 1 amide bonds. The topological polar surface area (TPSA) is 119 Å². The van der Waals surface area contributed by atoms with Crippen molar-refractivity contribution in [3.8, 4) is 0 Å². The van der Waals surface area contributed by atoms with E-state index in [0.29, 0.717) is 12.1 Å². The minimum Gasteiger partial charge on any atom is -0.462 e. The molecular formula is C40H74N4O4. The number of amides is 1. The highest BCUT2D eigenvalue weighted by Gasteiger charge is 2.25. The second-order valence-electron chi connectivity index (χ2n) is 14.0. The number of ether oxygens (including phenoxy) is 1. The van der Waals surface area contributed by atoms with Gasteiger partial charge in [0.05, 0.1) is 24.2 Å². The number of nitrogens with two attached hydrogens (primary N) is 1. The number of aliphatic hydroxyl groups excluding tert-OH is 1. The van der Waals surface area contributed by atoms with Crippen molar-refractivity contribution in [2.75, 3.05) is 6.61 Å². The number of hydrogen-bond acceptors (Lipinski definition) is 6. The van der Waals surface area contributed by atoms with Gasteiger partial charge in [-0.15, -0.1) is 0 Å². The van der Waals surface area contributed by atoms with Crippen LogP contribution < -0.4 is 11.1 Å². The molecule has 3 unspecified atom stereocenters. The highest BCUT2D eigenvalue weighted by Crippen LogP contribution is 2.14. The minimum absolute atomic E-state index is 0.129. The third-order valence-corrected chi connectivity index (χ3v) is 9.21. The second-order valence-corrected chi connectivity index (χ2v) is 14.0. The molecule has 0 spiro atoms. The first-order valence-electron chi connectivity index (χ1n) is 19.9. The van der Waals surface area contributed by atoms with Gasteiger partial charge in [-0.05, 0) is 19.3 Å². The first-order valence-corrected chi connectivity index (χ1v) is 19.9. The van der Waals surface area contributed by atoms with Crippen LogP contribution in [0.3, 0.4) is 0 Å². The van der Waals surface area contributed by atoms with E-state index in [9.17, 15) is 14.7 Å². The summed E-state index contributed by atoms with van der Waals surface area (Å²) in [7, 11) is 1.86. The predicted molar refractivity (Wildman–Crippen MR) is 200 cm³/mol. The molecule has 48 heavy (non-hydrogen) atoms. The van der Waals surface area contributed by atoms with E-state index in [2.05, 4.69) is 24.1 Å². The minimum atomic E-state index is -0.903. The number of unbranched alkanes of at least 4 members (excludes halogenated alkanes) is 22. The van der Waals surface area contributed by atoms with Crippen molar-refractivity contribution in [1.82, 2.24) is 14.9 Å². The highest BCUT2D eigenvalue weighted by atomic mass is 16.5. The monoisotopic (exact) mass is 675 g/mol. The number of hydrogen-bond donors (Lipinski definition) is 3. The number of imidazole rings is 1. The molecule has 0 aromatic carbocycles. The van der Waals surface area contributed by atoms with Gasteiger partial charge in [-0.1, -0.05) is 161 Å². The van der Waals surface area contributed by atoms with Gasteiger partial charge < -0.3 is 25.5 Å². The summed E-state index contributed by atoms with van der Waals surface area (Å²) in [5, 5.41) is 13.4. The third kappa shape index (κ3) is 24.9. The molecule has 4 N–H and O–H groups in total. The quantitative estimate of drug-likeness (QED) is 0.0389. The summed E-state index contributed by atoms with van der Waals surface area (Å²) >= 11 is 0. The van der Waals surface area contributed by atoms with Gasteiger partial charge in [0.2, 0.25) is 5.91 Å². The average Bonchev–Trinajstić information content (AvgIpc) is 3.49. The number of nitrogens with one attached hydrogen (secondary N) is 1. The maximum atomic E-state index is 13.1. The molecule has 0 aliphatic heterocycles. The fourth-order valence-corrected chi connectivity index (χ4v) is 6.05. The lowest BCUT2D eigenvalue weighted by molar-refractivity contribution is -0.148. The van der Waals surface area contributed by atoms with Gasteiger partial charge in [-0.25, -0.2) is 9.78 Å². The molecule has 278 valence electrons. The molecule has 8 heteroatoms. The Hall–Kier alpha value is -2.19. The van der Waals surface area contributed by atoms with E-state index in [0.717, 1.165) is 32.1 Å². The van der Waals surface area contributed by atoms with Gasteiger partial charge in [0.1, 0.15) is 12.6 Å². The molecule has 0 saturated heterocycles. The molecule has 8 nitrogen and oxygen atoms in total. The number of carbonyl (C=O) groups is 2. The first kappa shape index (κ1) is 43.8. The number of nitrogens with zero attached hydrogens (tertiary/aromatic N) is 2. The van der Waals surface area contributed by atoms with Crippen molar-refractivity contribution >= 4 is 11.9 Å². The maximum Gasteiger partial charge on any atom is 0.329 e. The van der Waals surface area contributed by atoms with E-state index < -0.39 is 24.2 Å². The first-order chi connectivity index (χ1) is 23.4. The highest BCUT2D eigenvalue weighted by molar-refractivity contribution is 5.84. The van der Waals surface area contributed by atoms with Gasteiger partial charge >= 0.3 is 5.97 Å². The number of aryl methyl sites for hydroxylation is 1. The number of esters is 1. The van der Waals surface area contributed by atoms with Crippen LogP contribution in [0.5, 0.6) is 0 Å². The van der Waals surface area contributed by atoms with Crippen LogP contribution in [0.25, 0.3) is 0 Å². The van der Waals surface area contributed by atoms with E-state index in [4.69, 9.17) is 10.5 Å². The Morgan fingerprint density at radius 2 is 1.29 bits per heavy atom. The standard InChI is InChI=1S/C40H74N4O4/c1-4-6-8-10-12-14-16-18-19-21-23-25-27-29-38(45)36(41)33-48-40(47)37(31-35-32-44(3)34-42-35)43-39(46)30-28-26-24-22-20-17-15-13-11-9-7-5-2/h27,29,32,34,36-38,45H,4-26,28,30-31,33,41H2,1-3H3,(H,43,46)/b29-27+. The predicted octanol–water partition coefficient (Wildman–Crippen LogP) is 9.03. The van der Waals surface area contributed by atoms with Crippen LogP contribution in [-0.4, -0.2) is 51.3 Å². The Balaban J connectivity index is 2.29. The Kier molecular flexibility index (Phi) is 28.2. The van der Waals surface area contributed by atoms with Crippen LogP contribution in [0.2, 0.25) is 0 Å². The summed E-state index contributed by atoms with van der Waals surface area (Å²) in [5.74, 6) is -0.717. The summed E-state index contributed by atoms with van der Waals surface area (Å²) in [4.78, 5) is 30.1. The zero-order chi connectivity index (χ0) is 35.1. The van der Waals surface area contributed by atoms with Crippen LogP contribution in [0.1, 0.15) is 180 Å². The van der Waals surface area contributed by atoms with Gasteiger partial charge in [0, 0.05) is 26.1 Å². The Bertz CT molecular complexity index is 934. The normalized spacial score (nSPS) is 13.5. The number of carbonyl (C=O) groups excluding carboxylic acids is 2. The summed E-state index contributed by atoms with van der Waals surface area (Å²) in [6.45, 7) is 4.38. The lowest BCUT2D eigenvalue weighted by Gasteiger charge is -2.20. The van der Waals surface area contributed by atoms with E-state index in [1.807, 2.05) is 19.3 Å². The summed E-state index contributed by atoms with van der Waals surface area (Å²) < 4.78 is 7.30. The SMILES string of the molecule is CCCCCCCCCCCCC/C=C/C(O)C(N)COC(=O)C(Cc1cn(C)cn1)NC(=O)CCCCCCCCCCCCCC. The number of aromatic nitrogens is 2. The number of rotatable bonds is 33. The van der Waals surface area contributed by atoms with Crippen molar-refractivity contribution in [2.45, 2.75) is 199 Å². The van der Waals surface area contributed by atoms with Gasteiger partial charge in [0.25, 0.3) is 0 Å². The van der Waals surface area contributed by atoms with Crippen LogP contribution in [0.15, 0.2) is 24.7 Å². The summed E-state index contributed by atoms with van der Waals surface area (Å²) in [6.07, 6.45) is 36.9. The van der Waals surface area contributed by atoms with E-state index >= 15 is 0 Å².